The molecule has 0 saturated carbocycles. The Kier molecular flexibility index (Phi) is 5.07. The number of carbonyl (C=O) groups excluding carboxylic acids is 2. The van der Waals surface area contributed by atoms with Crippen LogP contribution < -0.4 is 4.74 Å². The Morgan fingerprint density at radius 3 is 2.46 bits per heavy atom. The second-order valence-corrected chi connectivity index (χ2v) is 6.04. The average Bonchev–Trinajstić information content (AvgIpc) is 2.97. The number of aromatic amines is 1. The van der Waals surface area contributed by atoms with Gasteiger partial charge in [0.25, 0.3) is 0 Å². The summed E-state index contributed by atoms with van der Waals surface area (Å²) in [6.07, 6.45) is -0.882. The monoisotopic (exact) mass is 351 g/mol. The Balaban J connectivity index is 1.76. The van der Waals surface area contributed by atoms with Gasteiger partial charge in [0.2, 0.25) is 5.78 Å². The molecule has 5 heteroatoms. The highest BCUT2D eigenvalue weighted by atomic mass is 16.5. The first kappa shape index (κ1) is 17.7. The molecule has 0 unspecified atom stereocenters. The summed E-state index contributed by atoms with van der Waals surface area (Å²) in [5.41, 5.74) is 2.59. The van der Waals surface area contributed by atoms with Crippen LogP contribution in [0.5, 0.6) is 5.75 Å². The maximum atomic E-state index is 12.8. The second-order valence-electron chi connectivity index (χ2n) is 6.04. The zero-order valence-electron chi connectivity index (χ0n) is 15.0. The number of fused-ring (bicyclic) bond motifs is 1. The molecule has 134 valence electrons. The highest BCUT2D eigenvalue weighted by Gasteiger charge is 2.24. The first-order valence-electron chi connectivity index (χ1n) is 8.56. The van der Waals surface area contributed by atoms with E-state index in [0.29, 0.717) is 23.5 Å². The van der Waals surface area contributed by atoms with E-state index < -0.39 is 12.1 Å². The van der Waals surface area contributed by atoms with Gasteiger partial charge >= 0.3 is 5.97 Å². The van der Waals surface area contributed by atoms with Gasteiger partial charge in [-0.25, -0.2) is 4.79 Å². The van der Waals surface area contributed by atoms with Crippen LogP contribution >= 0.6 is 0 Å². The van der Waals surface area contributed by atoms with Gasteiger partial charge in [0.1, 0.15) is 5.75 Å². The fourth-order valence-corrected chi connectivity index (χ4v) is 2.93. The third-order valence-electron chi connectivity index (χ3n) is 4.19. The summed E-state index contributed by atoms with van der Waals surface area (Å²) in [7, 11) is 0. The molecule has 26 heavy (non-hydrogen) atoms. The molecule has 5 nitrogen and oxygen atoms in total. The lowest BCUT2D eigenvalue weighted by Gasteiger charge is -2.13. The number of aryl methyl sites for hydroxylation is 1. The number of esters is 1. The molecule has 0 spiro atoms. The van der Waals surface area contributed by atoms with Gasteiger partial charge in [0.05, 0.1) is 12.2 Å². The van der Waals surface area contributed by atoms with E-state index in [0.717, 1.165) is 16.6 Å². The van der Waals surface area contributed by atoms with Gasteiger partial charge in [-0.3, -0.25) is 4.79 Å². The third kappa shape index (κ3) is 3.47. The normalized spacial score (nSPS) is 12.0. The number of rotatable bonds is 6. The number of Topliss-reactive ketones (excluding diaryl/α,β-unsaturated/α-hetero) is 1. The van der Waals surface area contributed by atoms with Crippen molar-refractivity contribution in [3.05, 3.63) is 65.4 Å². The minimum atomic E-state index is -0.882. The van der Waals surface area contributed by atoms with Crippen molar-refractivity contribution in [3.63, 3.8) is 0 Å². The fourth-order valence-electron chi connectivity index (χ4n) is 2.93. The Morgan fingerprint density at radius 2 is 1.77 bits per heavy atom. The lowest BCUT2D eigenvalue weighted by Crippen LogP contribution is -2.24. The predicted octanol–water partition coefficient (Wildman–Crippen LogP) is 4.30. The molecule has 0 fully saturated rings. The van der Waals surface area contributed by atoms with E-state index in [4.69, 9.17) is 9.47 Å². The molecule has 0 aliphatic carbocycles. The van der Waals surface area contributed by atoms with Crippen molar-refractivity contribution in [2.45, 2.75) is 26.9 Å². The molecular weight excluding hydrogens is 330 g/mol. The number of hydrogen-bond acceptors (Lipinski definition) is 4. The van der Waals surface area contributed by atoms with E-state index in [2.05, 4.69) is 4.98 Å². The van der Waals surface area contributed by atoms with Gasteiger partial charge in [-0.1, -0.05) is 18.2 Å². The molecule has 0 radical (unpaired) electrons. The van der Waals surface area contributed by atoms with E-state index >= 15 is 0 Å². The Labute approximate surface area is 151 Å². The van der Waals surface area contributed by atoms with Gasteiger partial charge in [-0.15, -0.1) is 0 Å². The number of ketones is 1. The molecule has 1 aromatic heterocycles. The fraction of sp³-hybridized carbons (Fsp3) is 0.238. The molecule has 0 saturated heterocycles. The van der Waals surface area contributed by atoms with Crippen LogP contribution in [0, 0.1) is 6.92 Å². The topological polar surface area (TPSA) is 68.4 Å². The van der Waals surface area contributed by atoms with E-state index in [-0.39, 0.29) is 5.78 Å². The van der Waals surface area contributed by atoms with Crippen LogP contribution in [-0.4, -0.2) is 29.4 Å². The molecule has 0 bridgehead atoms. The number of ether oxygens (including phenoxy) is 2. The summed E-state index contributed by atoms with van der Waals surface area (Å²) in [5, 5.41) is 0.832. The van der Waals surface area contributed by atoms with Crippen LogP contribution in [0.15, 0.2) is 48.5 Å². The smallest absolute Gasteiger partial charge is 0.338 e. The van der Waals surface area contributed by atoms with Crippen LogP contribution in [0.1, 0.15) is 40.3 Å². The zero-order chi connectivity index (χ0) is 18.7. The van der Waals surface area contributed by atoms with Gasteiger partial charge in [-0.05, 0) is 51.1 Å². The van der Waals surface area contributed by atoms with Crippen molar-refractivity contribution in [1.82, 2.24) is 4.98 Å². The lowest BCUT2D eigenvalue weighted by atomic mass is 10.0. The highest BCUT2D eigenvalue weighted by Crippen LogP contribution is 2.24. The van der Waals surface area contributed by atoms with E-state index in [1.807, 2.05) is 38.1 Å². The molecule has 1 N–H and O–H groups in total. The quantitative estimate of drug-likeness (QED) is 0.531. The SMILES string of the molecule is CCOc1ccc(C(=O)O[C@@H](C)C(=O)c2c(C)[nH]c3ccccc23)cc1. The van der Waals surface area contributed by atoms with Crippen molar-refractivity contribution in [2.75, 3.05) is 6.61 Å². The van der Waals surface area contributed by atoms with Crippen LogP contribution in [0.3, 0.4) is 0 Å². The molecule has 0 amide bonds. The summed E-state index contributed by atoms with van der Waals surface area (Å²) in [4.78, 5) is 28.3. The first-order chi connectivity index (χ1) is 12.5. The molecular formula is C21H21NO4. The Morgan fingerprint density at radius 1 is 1.08 bits per heavy atom. The third-order valence-corrected chi connectivity index (χ3v) is 4.19. The number of hydrogen-bond donors (Lipinski definition) is 1. The van der Waals surface area contributed by atoms with Crippen LogP contribution in [0.25, 0.3) is 10.9 Å². The summed E-state index contributed by atoms with van der Waals surface area (Å²) in [5.74, 6) is -0.0757. The van der Waals surface area contributed by atoms with Gasteiger partial charge in [0, 0.05) is 22.2 Å². The van der Waals surface area contributed by atoms with Crippen molar-refractivity contribution in [3.8, 4) is 5.75 Å². The number of H-pyrrole nitrogens is 1. The maximum Gasteiger partial charge on any atom is 0.338 e. The number of aromatic nitrogens is 1. The maximum absolute atomic E-state index is 12.8. The number of nitrogens with one attached hydrogen (secondary N) is 1. The minimum Gasteiger partial charge on any atom is -0.494 e. The molecule has 3 rings (SSSR count). The zero-order valence-corrected chi connectivity index (χ0v) is 15.0. The number of benzene rings is 2. The highest BCUT2D eigenvalue weighted by molar-refractivity contribution is 6.11. The average molecular weight is 351 g/mol. The summed E-state index contributed by atoms with van der Waals surface area (Å²) >= 11 is 0. The van der Waals surface area contributed by atoms with Crippen LogP contribution in [0.4, 0.5) is 0 Å². The summed E-state index contributed by atoms with van der Waals surface area (Å²) < 4.78 is 10.7. The van der Waals surface area contributed by atoms with Gasteiger partial charge in [0.15, 0.2) is 6.10 Å². The van der Waals surface area contributed by atoms with Gasteiger partial charge < -0.3 is 14.5 Å². The predicted molar refractivity (Wildman–Crippen MR) is 99.9 cm³/mol. The Hall–Kier alpha value is -3.08. The van der Waals surface area contributed by atoms with Crippen molar-refractivity contribution < 1.29 is 19.1 Å². The first-order valence-corrected chi connectivity index (χ1v) is 8.56. The Bertz CT molecular complexity index is 940. The van der Waals surface area contributed by atoms with Crippen molar-refractivity contribution in [2.24, 2.45) is 0 Å². The van der Waals surface area contributed by atoms with E-state index in [1.165, 1.54) is 0 Å². The standard InChI is InChI=1S/C21H21NO4/c1-4-25-16-11-9-15(10-12-16)21(24)26-14(3)20(23)19-13(2)22-18-8-6-5-7-17(18)19/h5-12,14,22H,4H2,1-3H3/t14-/m0/s1. The molecule has 2 aromatic carbocycles. The van der Waals surface area contributed by atoms with Crippen LogP contribution in [-0.2, 0) is 4.74 Å². The number of carbonyl (C=O) groups is 2. The molecule has 1 atom stereocenters. The lowest BCUT2D eigenvalue weighted by molar-refractivity contribution is 0.0319. The second kappa shape index (κ2) is 7.44. The molecule has 3 aromatic rings. The van der Waals surface area contributed by atoms with E-state index in [9.17, 15) is 9.59 Å². The van der Waals surface area contributed by atoms with Gasteiger partial charge in [-0.2, -0.15) is 0 Å². The molecule has 1 heterocycles. The van der Waals surface area contributed by atoms with Crippen molar-refractivity contribution >= 4 is 22.7 Å². The summed E-state index contributed by atoms with van der Waals surface area (Å²) in [6.45, 7) is 5.88. The molecule has 0 aliphatic heterocycles. The minimum absolute atomic E-state index is 0.223. The van der Waals surface area contributed by atoms with Crippen molar-refractivity contribution in [1.29, 1.82) is 0 Å². The summed E-state index contributed by atoms with van der Waals surface area (Å²) in [6, 6.07) is 14.2. The van der Waals surface area contributed by atoms with E-state index in [1.54, 1.807) is 31.2 Å². The van der Waals surface area contributed by atoms with Crippen LogP contribution in [0.2, 0.25) is 0 Å². The largest absolute Gasteiger partial charge is 0.494 e. The molecule has 0 aliphatic rings. The number of para-hydroxylation sites is 1.